The van der Waals surface area contributed by atoms with Crippen LogP contribution >= 0.6 is 12.2 Å². The maximum Gasteiger partial charge on any atom is 0.169 e. The molecule has 4 heteroatoms. The zero-order valence-electron chi connectivity index (χ0n) is 8.50. The fourth-order valence-corrected chi connectivity index (χ4v) is 1.79. The summed E-state index contributed by atoms with van der Waals surface area (Å²) in [5.74, 6) is 0. The van der Waals surface area contributed by atoms with E-state index in [2.05, 4.69) is 16.8 Å². The molecule has 1 rings (SSSR count). The van der Waals surface area contributed by atoms with Gasteiger partial charge in [0.25, 0.3) is 0 Å². The largest absolute Gasteiger partial charge is 0.500 e. The highest BCUT2D eigenvalue weighted by molar-refractivity contribution is 7.80. The van der Waals surface area contributed by atoms with Crippen LogP contribution in [0.1, 0.15) is 19.3 Å². The number of nitrogens with one attached hydrogen (secondary N) is 1. The third kappa shape index (κ3) is 3.96. The zero-order chi connectivity index (χ0) is 10.2. The van der Waals surface area contributed by atoms with E-state index in [1.165, 1.54) is 25.5 Å². The van der Waals surface area contributed by atoms with Gasteiger partial charge in [-0.05, 0) is 31.5 Å². The van der Waals surface area contributed by atoms with E-state index >= 15 is 0 Å². The third-order valence-electron chi connectivity index (χ3n) is 2.26. The van der Waals surface area contributed by atoms with E-state index in [0.29, 0.717) is 6.61 Å². The minimum atomic E-state index is 0.622. The number of ether oxygens (including phenoxy) is 1. The molecule has 0 aromatic heterocycles. The average molecular weight is 214 g/mol. The number of nitrogens with zero attached hydrogens (tertiary/aromatic N) is 1. The highest BCUT2D eigenvalue weighted by Crippen LogP contribution is 2.08. The Kier molecular flexibility index (Phi) is 5.37. The van der Waals surface area contributed by atoms with Gasteiger partial charge in [0.15, 0.2) is 5.11 Å². The van der Waals surface area contributed by atoms with Crippen molar-refractivity contribution in [1.29, 1.82) is 0 Å². The first-order valence-electron chi connectivity index (χ1n) is 5.10. The van der Waals surface area contributed by atoms with Crippen LogP contribution in [-0.2, 0) is 4.74 Å². The molecule has 0 aromatic carbocycles. The molecule has 1 aliphatic heterocycles. The topological polar surface area (TPSA) is 24.5 Å². The molecule has 1 aliphatic rings. The second kappa shape index (κ2) is 6.65. The summed E-state index contributed by atoms with van der Waals surface area (Å²) >= 11 is 5.26. The van der Waals surface area contributed by atoms with Crippen molar-refractivity contribution in [3.05, 3.63) is 12.8 Å². The van der Waals surface area contributed by atoms with E-state index in [4.69, 9.17) is 17.0 Å². The Bertz CT molecular complexity index is 191. The first kappa shape index (κ1) is 11.3. The number of hydrogen-bond donors (Lipinski definition) is 1. The highest BCUT2D eigenvalue weighted by atomic mass is 32.1. The Morgan fingerprint density at radius 3 is 2.79 bits per heavy atom. The second-order valence-electron chi connectivity index (χ2n) is 3.32. The molecular weight excluding hydrogens is 196 g/mol. The van der Waals surface area contributed by atoms with Crippen LogP contribution in [0.15, 0.2) is 12.8 Å². The Morgan fingerprint density at radius 1 is 1.43 bits per heavy atom. The molecule has 0 aliphatic carbocycles. The van der Waals surface area contributed by atoms with E-state index in [9.17, 15) is 0 Å². The summed E-state index contributed by atoms with van der Waals surface area (Å²) in [6.07, 6.45) is 5.29. The van der Waals surface area contributed by atoms with Crippen molar-refractivity contribution in [2.75, 3.05) is 26.2 Å². The SMILES string of the molecule is C=COCCNC(=S)N1CCCCC1. The van der Waals surface area contributed by atoms with Crippen molar-refractivity contribution in [3.8, 4) is 0 Å². The monoisotopic (exact) mass is 214 g/mol. The van der Waals surface area contributed by atoms with Crippen molar-refractivity contribution >= 4 is 17.3 Å². The van der Waals surface area contributed by atoms with Gasteiger partial charge < -0.3 is 15.0 Å². The van der Waals surface area contributed by atoms with E-state index in [1.54, 1.807) is 0 Å². The van der Waals surface area contributed by atoms with Crippen molar-refractivity contribution in [3.63, 3.8) is 0 Å². The summed E-state index contributed by atoms with van der Waals surface area (Å²) in [4.78, 5) is 2.23. The van der Waals surface area contributed by atoms with Gasteiger partial charge in [0.05, 0.1) is 12.8 Å². The molecule has 3 nitrogen and oxygen atoms in total. The molecule has 0 radical (unpaired) electrons. The fourth-order valence-electron chi connectivity index (χ4n) is 1.51. The molecule has 1 fully saturated rings. The van der Waals surface area contributed by atoms with E-state index in [0.717, 1.165) is 24.7 Å². The molecule has 1 saturated heterocycles. The van der Waals surface area contributed by atoms with Crippen LogP contribution in [-0.4, -0.2) is 36.3 Å². The number of rotatable bonds is 4. The van der Waals surface area contributed by atoms with Crippen LogP contribution < -0.4 is 5.32 Å². The number of thiocarbonyl (C=S) groups is 1. The summed E-state index contributed by atoms with van der Waals surface area (Å²) in [6, 6.07) is 0. The number of likely N-dealkylation sites (tertiary alicyclic amines) is 1. The second-order valence-corrected chi connectivity index (χ2v) is 3.70. The molecule has 0 saturated carbocycles. The van der Waals surface area contributed by atoms with E-state index in [-0.39, 0.29) is 0 Å². The molecule has 0 bridgehead atoms. The van der Waals surface area contributed by atoms with Gasteiger partial charge >= 0.3 is 0 Å². The van der Waals surface area contributed by atoms with Gasteiger partial charge in [0.2, 0.25) is 0 Å². The molecule has 80 valence electrons. The molecule has 1 N–H and O–H groups in total. The number of hydrogen-bond acceptors (Lipinski definition) is 2. The quantitative estimate of drug-likeness (QED) is 0.435. The maximum absolute atomic E-state index is 5.26. The van der Waals surface area contributed by atoms with E-state index in [1.807, 2.05) is 0 Å². The van der Waals surface area contributed by atoms with Gasteiger partial charge in [-0.15, -0.1) is 0 Å². The molecular formula is C10H18N2OS. The lowest BCUT2D eigenvalue weighted by Gasteiger charge is -2.29. The van der Waals surface area contributed by atoms with Crippen LogP contribution in [0, 0.1) is 0 Å². The van der Waals surface area contributed by atoms with Gasteiger partial charge in [-0.1, -0.05) is 6.58 Å². The van der Waals surface area contributed by atoms with Gasteiger partial charge in [0.1, 0.15) is 6.61 Å². The lowest BCUT2D eigenvalue weighted by molar-refractivity contribution is 0.253. The van der Waals surface area contributed by atoms with Crippen LogP contribution in [0.25, 0.3) is 0 Å². The van der Waals surface area contributed by atoms with Crippen LogP contribution in [0.5, 0.6) is 0 Å². The average Bonchev–Trinajstić information content (AvgIpc) is 2.25. The maximum atomic E-state index is 5.26. The Morgan fingerprint density at radius 2 is 2.14 bits per heavy atom. The summed E-state index contributed by atoms with van der Waals surface area (Å²) in [5.41, 5.74) is 0. The van der Waals surface area contributed by atoms with E-state index < -0.39 is 0 Å². The van der Waals surface area contributed by atoms with Gasteiger partial charge in [0, 0.05) is 13.1 Å². The predicted molar refractivity (Wildman–Crippen MR) is 62.2 cm³/mol. The summed E-state index contributed by atoms with van der Waals surface area (Å²) < 4.78 is 4.99. The number of piperidine rings is 1. The molecule has 14 heavy (non-hydrogen) atoms. The molecule has 1 heterocycles. The highest BCUT2D eigenvalue weighted by Gasteiger charge is 2.12. The first-order chi connectivity index (χ1) is 6.84. The summed E-state index contributed by atoms with van der Waals surface area (Å²) in [7, 11) is 0. The summed E-state index contributed by atoms with van der Waals surface area (Å²) in [5, 5.41) is 4.03. The summed E-state index contributed by atoms with van der Waals surface area (Å²) in [6.45, 7) is 7.03. The zero-order valence-corrected chi connectivity index (χ0v) is 9.31. The third-order valence-corrected chi connectivity index (χ3v) is 2.66. The first-order valence-corrected chi connectivity index (χ1v) is 5.50. The molecule has 0 spiro atoms. The minimum absolute atomic E-state index is 0.622. The molecule has 0 amide bonds. The van der Waals surface area contributed by atoms with Gasteiger partial charge in [-0.25, -0.2) is 0 Å². The van der Waals surface area contributed by atoms with Gasteiger partial charge in [-0.2, -0.15) is 0 Å². The van der Waals surface area contributed by atoms with Crippen LogP contribution in [0.2, 0.25) is 0 Å². The molecule has 0 atom stereocenters. The minimum Gasteiger partial charge on any atom is -0.500 e. The van der Waals surface area contributed by atoms with Crippen molar-refractivity contribution < 1.29 is 4.74 Å². The van der Waals surface area contributed by atoms with Gasteiger partial charge in [-0.3, -0.25) is 0 Å². The normalized spacial score (nSPS) is 16.1. The van der Waals surface area contributed by atoms with Crippen molar-refractivity contribution in [2.45, 2.75) is 19.3 Å². The van der Waals surface area contributed by atoms with Crippen molar-refractivity contribution in [2.24, 2.45) is 0 Å². The Hall–Kier alpha value is -0.770. The lowest BCUT2D eigenvalue weighted by Crippen LogP contribution is -2.43. The molecule has 0 unspecified atom stereocenters. The fraction of sp³-hybridized carbons (Fsp3) is 0.700. The van der Waals surface area contributed by atoms with Crippen molar-refractivity contribution in [1.82, 2.24) is 10.2 Å². The Labute approximate surface area is 91.1 Å². The molecule has 0 aromatic rings. The van der Waals surface area contributed by atoms with Crippen LogP contribution in [0.4, 0.5) is 0 Å². The standard InChI is InChI=1S/C10H18N2OS/c1-2-13-9-6-11-10(14)12-7-4-3-5-8-12/h2H,1,3-9H2,(H,11,14). The predicted octanol–water partition coefficient (Wildman–Crippen LogP) is 1.51. The van der Waals surface area contributed by atoms with Crippen LogP contribution in [0.3, 0.4) is 0 Å². The Balaban J connectivity index is 2.10. The smallest absolute Gasteiger partial charge is 0.169 e. The lowest BCUT2D eigenvalue weighted by atomic mass is 10.1.